The molecule has 1 amide bonds. The molecule has 1 aromatic carbocycles. The number of hydrogen-bond acceptors (Lipinski definition) is 5. The maximum Gasteiger partial charge on any atom is 0.330 e. The smallest absolute Gasteiger partial charge is 0.330 e. The van der Waals surface area contributed by atoms with Gasteiger partial charge in [0.15, 0.2) is 0 Å². The molecule has 0 aliphatic carbocycles. The first kappa shape index (κ1) is 20.7. The number of benzene rings is 1. The molecule has 0 fully saturated rings. The lowest BCUT2D eigenvalue weighted by molar-refractivity contribution is -0.114. The van der Waals surface area contributed by atoms with Crippen LogP contribution in [-0.4, -0.2) is 29.1 Å². The minimum atomic E-state index is -0.685. The molecule has 0 saturated heterocycles. The molecule has 2 aromatic rings. The van der Waals surface area contributed by atoms with Gasteiger partial charge in [-0.25, -0.2) is 9.18 Å². The zero-order valence-corrected chi connectivity index (χ0v) is 16.6. The Hall–Kier alpha value is -2.62. The molecule has 0 spiro atoms. The largest absolute Gasteiger partial charge is 0.383 e. The normalized spacial score (nSPS) is 10.7. The summed E-state index contributed by atoms with van der Waals surface area (Å²) < 4.78 is 15.7. The molecule has 27 heavy (non-hydrogen) atoms. The first-order valence-corrected chi connectivity index (χ1v) is 9.12. The van der Waals surface area contributed by atoms with Crippen molar-refractivity contribution < 1.29 is 9.18 Å². The van der Waals surface area contributed by atoms with E-state index in [1.54, 1.807) is 6.07 Å². The summed E-state index contributed by atoms with van der Waals surface area (Å²) in [5.41, 5.74) is 4.75. The number of nitrogens with zero attached hydrogens (tertiary/aromatic N) is 2. The molecule has 0 saturated carbocycles. The molecular weight excluding hydrogens is 421 g/mol. The van der Waals surface area contributed by atoms with Crippen LogP contribution in [0.15, 0.2) is 32.3 Å². The number of aromatic nitrogens is 2. The number of aromatic amines is 1. The van der Waals surface area contributed by atoms with E-state index in [0.717, 1.165) is 6.42 Å². The zero-order valence-electron chi connectivity index (χ0n) is 15.0. The van der Waals surface area contributed by atoms with Crippen LogP contribution in [0.4, 0.5) is 21.6 Å². The Balaban J connectivity index is 2.22. The Labute approximate surface area is 163 Å². The number of halogens is 2. The molecule has 0 atom stereocenters. The molecule has 146 valence electrons. The van der Waals surface area contributed by atoms with Crippen molar-refractivity contribution in [1.29, 1.82) is 0 Å². The summed E-state index contributed by atoms with van der Waals surface area (Å²) in [7, 11) is 1.49. The zero-order chi connectivity index (χ0) is 20.1. The molecule has 0 bridgehead atoms. The number of amides is 1. The first-order chi connectivity index (χ1) is 12.7. The number of rotatable bonds is 7. The van der Waals surface area contributed by atoms with Gasteiger partial charge in [0.05, 0.1) is 12.2 Å². The van der Waals surface area contributed by atoms with Crippen LogP contribution in [0.3, 0.4) is 0 Å². The van der Waals surface area contributed by atoms with Gasteiger partial charge in [0.1, 0.15) is 17.3 Å². The summed E-state index contributed by atoms with van der Waals surface area (Å²) in [5.74, 6) is -1.14. The van der Waals surface area contributed by atoms with E-state index in [2.05, 4.69) is 26.2 Å². The van der Waals surface area contributed by atoms with Gasteiger partial charge in [0.25, 0.3) is 5.56 Å². The van der Waals surface area contributed by atoms with Gasteiger partial charge in [-0.1, -0.05) is 29.3 Å². The summed E-state index contributed by atoms with van der Waals surface area (Å²) in [6, 6.07) is 4.24. The third-order valence-corrected chi connectivity index (χ3v) is 4.41. The fourth-order valence-corrected chi connectivity index (χ4v) is 2.89. The molecule has 10 heteroatoms. The van der Waals surface area contributed by atoms with Gasteiger partial charge in [-0.15, -0.1) is 0 Å². The molecule has 0 aliphatic heterocycles. The summed E-state index contributed by atoms with van der Waals surface area (Å²) in [4.78, 5) is 39.9. The van der Waals surface area contributed by atoms with E-state index in [1.165, 1.54) is 28.6 Å². The predicted molar refractivity (Wildman–Crippen MR) is 107 cm³/mol. The van der Waals surface area contributed by atoms with E-state index in [-0.39, 0.29) is 23.7 Å². The Kier molecular flexibility index (Phi) is 6.78. The second kappa shape index (κ2) is 8.85. The summed E-state index contributed by atoms with van der Waals surface area (Å²) >= 11 is 3.14. The number of anilines is 3. The van der Waals surface area contributed by atoms with Crippen molar-refractivity contribution in [1.82, 2.24) is 9.55 Å². The van der Waals surface area contributed by atoms with Crippen molar-refractivity contribution >= 4 is 39.0 Å². The van der Waals surface area contributed by atoms with Crippen molar-refractivity contribution in [3.05, 3.63) is 49.3 Å². The Morgan fingerprint density at radius 1 is 1.41 bits per heavy atom. The van der Waals surface area contributed by atoms with E-state index in [9.17, 15) is 18.8 Å². The molecule has 0 radical (unpaired) electrons. The lowest BCUT2D eigenvalue weighted by Gasteiger charge is -2.21. The van der Waals surface area contributed by atoms with Crippen LogP contribution in [0.2, 0.25) is 0 Å². The number of carbonyl (C=O) groups is 1. The minimum absolute atomic E-state index is 0.0112. The van der Waals surface area contributed by atoms with Crippen LogP contribution in [0.5, 0.6) is 0 Å². The van der Waals surface area contributed by atoms with Gasteiger partial charge in [-0.05, 0) is 24.6 Å². The fourth-order valence-electron chi connectivity index (χ4n) is 2.56. The highest BCUT2D eigenvalue weighted by atomic mass is 79.9. The summed E-state index contributed by atoms with van der Waals surface area (Å²) in [6.45, 7) is 2.06. The van der Waals surface area contributed by atoms with Crippen molar-refractivity contribution in [2.45, 2.75) is 26.3 Å². The monoisotopic (exact) mass is 441 g/mol. The number of H-pyrrole nitrogens is 1. The third-order valence-electron chi connectivity index (χ3n) is 3.92. The maximum atomic E-state index is 13.8. The molecule has 0 aliphatic rings. The minimum Gasteiger partial charge on any atom is -0.383 e. The molecule has 0 unspecified atom stereocenters. The average Bonchev–Trinajstić information content (AvgIpc) is 2.57. The van der Waals surface area contributed by atoms with E-state index >= 15 is 0 Å². The molecule has 4 N–H and O–H groups in total. The van der Waals surface area contributed by atoms with Crippen LogP contribution < -0.4 is 27.2 Å². The van der Waals surface area contributed by atoms with E-state index < -0.39 is 23.0 Å². The van der Waals surface area contributed by atoms with E-state index in [4.69, 9.17) is 5.73 Å². The van der Waals surface area contributed by atoms with Gasteiger partial charge in [-0.3, -0.25) is 19.1 Å². The number of hydrogen-bond donors (Lipinski definition) is 3. The maximum absolute atomic E-state index is 13.8. The fraction of sp³-hybridized carbons (Fsp3) is 0.353. The van der Waals surface area contributed by atoms with Gasteiger partial charge >= 0.3 is 5.69 Å². The topological polar surface area (TPSA) is 113 Å². The average molecular weight is 442 g/mol. The van der Waals surface area contributed by atoms with Crippen molar-refractivity contribution in [3.63, 3.8) is 0 Å². The van der Waals surface area contributed by atoms with Crippen LogP contribution >= 0.6 is 15.9 Å². The quantitative estimate of drug-likeness (QED) is 0.606. The number of likely N-dealkylation sites (N-methyl/N-ethyl adjacent to an activating group) is 1. The van der Waals surface area contributed by atoms with Crippen LogP contribution in [0.25, 0.3) is 0 Å². The van der Waals surface area contributed by atoms with Gasteiger partial charge in [0, 0.05) is 18.1 Å². The molecular formula is C17H21BrFN5O3. The second-order valence-electron chi connectivity index (χ2n) is 6.03. The third kappa shape index (κ3) is 4.97. The first-order valence-electron chi connectivity index (χ1n) is 8.33. The van der Waals surface area contributed by atoms with Gasteiger partial charge < -0.3 is 16.0 Å². The SMILES string of the molecule is CCCCn1c(N)c(N(C)CC(=O)Nc2ccc(Br)cc2F)c(=O)[nH]c1=O. The standard InChI is InChI=1S/C17H21BrFN5O3/c1-3-4-7-24-15(20)14(16(26)22-17(24)27)23(2)9-13(25)21-12-6-5-10(18)8-11(12)19/h5-6,8H,3-4,7,9,20H2,1-2H3,(H,21,25)(H,22,26,27). The van der Waals surface area contributed by atoms with Crippen LogP contribution in [0.1, 0.15) is 19.8 Å². The Bertz CT molecular complexity index is 957. The predicted octanol–water partition coefficient (Wildman–Crippen LogP) is 1.90. The van der Waals surface area contributed by atoms with Crippen molar-refractivity contribution in [2.75, 3.05) is 29.5 Å². The van der Waals surface area contributed by atoms with Crippen LogP contribution in [-0.2, 0) is 11.3 Å². The molecule has 1 heterocycles. The second-order valence-corrected chi connectivity index (χ2v) is 6.94. The van der Waals surface area contributed by atoms with Gasteiger partial charge in [0.2, 0.25) is 5.91 Å². The number of carbonyl (C=O) groups excluding carboxylic acids is 1. The Morgan fingerprint density at radius 2 is 2.11 bits per heavy atom. The molecule has 8 nitrogen and oxygen atoms in total. The number of nitrogens with two attached hydrogens (primary N) is 1. The number of nitrogen functional groups attached to an aromatic ring is 1. The molecule has 1 aromatic heterocycles. The number of nitrogens with one attached hydrogen (secondary N) is 2. The van der Waals surface area contributed by atoms with E-state index in [0.29, 0.717) is 17.4 Å². The summed E-state index contributed by atoms with van der Waals surface area (Å²) in [6.07, 6.45) is 1.56. The van der Waals surface area contributed by atoms with Crippen molar-refractivity contribution in [2.24, 2.45) is 0 Å². The Morgan fingerprint density at radius 3 is 2.74 bits per heavy atom. The lowest BCUT2D eigenvalue weighted by atomic mass is 10.3. The lowest BCUT2D eigenvalue weighted by Crippen LogP contribution is -2.39. The highest BCUT2D eigenvalue weighted by Crippen LogP contribution is 2.20. The molecule has 2 rings (SSSR count). The number of unbranched alkanes of at least 4 members (excludes halogenated alkanes) is 1. The highest BCUT2D eigenvalue weighted by Gasteiger charge is 2.18. The highest BCUT2D eigenvalue weighted by molar-refractivity contribution is 9.10. The van der Waals surface area contributed by atoms with Gasteiger partial charge in [-0.2, -0.15) is 0 Å². The van der Waals surface area contributed by atoms with Crippen LogP contribution in [0, 0.1) is 5.82 Å². The summed E-state index contributed by atoms with van der Waals surface area (Å²) in [5, 5.41) is 2.44. The van der Waals surface area contributed by atoms with Crippen molar-refractivity contribution in [3.8, 4) is 0 Å². The van der Waals surface area contributed by atoms with E-state index in [1.807, 2.05) is 6.92 Å².